The van der Waals surface area contributed by atoms with E-state index in [0.717, 1.165) is 33.3 Å². The zero-order chi connectivity index (χ0) is 13.8. The van der Waals surface area contributed by atoms with Gasteiger partial charge >= 0.3 is 0 Å². The Morgan fingerprint density at radius 1 is 1.21 bits per heavy atom. The number of anilines is 1. The Kier molecular flexibility index (Phi) is 5.42. The van der Waals surface area contributed by atoms with Crippen LogP contribution in [0.1, 0.15) is 24.8 Å². The number of nitrogens with one attached hydrogen (secondary N) is 2. The second-order valence-electron chi connectivity index (χ2n) is 5.14. The Labute approximate surface area is 131 Å². The van der Waals surface area contributed by atoms with E-state index in [4.69, 9.17) is 0 Å². The van der Waals surface area contributed by atoms with E-state index in [0.29, 0.717) is 6.54 Å². The molecule has 1 saturated heterocycles. The molecule has 0 bridgehead atoms. The van der Waals surface area contributed by atoms with Crippen molar-refractivity contribution < 1.29 is 9.69 Å². The highest BCUT2D eigenvalue weighted by Gasteiger charge is 2.18. The number of rotatable bonds is 3. The first kappa shape index (κ1) is 15.0. The fourth-order valence-corrected chi connectivity index (χ4v) is 4.07. The van der Waals surface area contributed by atoms with Crippen LogP contribution in [0.15, 0.2) is 21.1 Å². The predicted octanol–water partition coefficient (Wildman–Crippen LogP) is 2.53. The first-order valence-electron chi connectivity index (χ1n) is 6.65. The molecule has 1 aliphatic heterocycles. The second kappa shape index (κ2) is 6.86. The fourth-order valence-electron chi connectivity index (χ4n) is 2.46. The van der Waals surface area contributed by atoms with Gasteiger partial charge in [0.25, 0.3) is 5.91 Å². The molecule has 0 spiro atoms. The molecule has 1 aromatic carbocycles. The van der Waals surface area contributed by atoms with Crippen LogP contribution in [-0.2, 0) is 4.79 Å². The maximum absolute atomic E-state index is 12.1. The number of benzene rings is 1. The van der Waals surface area contributed by atoms with Crippen molar-refractivity contribution in [1.29, 1.82) is 0 Å². The van der Waals surface area contributed by atoms with E-state index in [9.17, 15) is 4.79 Å². The number of aryl methyl sites for hydroxylation is 1. The summed E-state index contributed by atoms with van der Waals surface area (Å²) in [5, 5.41) is 3.00. The molecule has 1 heterocycles. The predicted molar refractivity (Wildman–Crippen MR) is 84.6 cm³/mol. The summed E-state index contributed by atoms with van der Waals surface area (Å²) in [6.45, 7) is 4.82. The molecule has 2 rings (SSSR count). The van der Waals surface area contributed by atoms with Crippen LogP contribution in [0.4, 0.5) is 5.69 Å². The van der Waals surface area contributed by atoms with Gasteiger partial charge in [0.2, 0.25) is 0 Å². The molecule has 0 atom stereocenters. The van der Waals surface area contributed by atoms with Gasteiger partial charge in [0.15, 0.2) is 6.54 Å². The number of likely N-dealkylation sites (tertiary alicyclic amines) is 1. The second-order valence-corrected chi connectivity index (χ2v) is 6.85. The van der Waals surface area contributed by atoms with Crippen LogP contribution in [0, 0.1) is 6.92 Å². The highest BCUT2D eigenvalue weighted by molar-refractivity contribution is 9.11. The van der Waals surface area contributed by atoms with E-state index < -0.39 is 0 Å². The maximum atomic E-state index is 12.1. The van der Waals surface area contributed by atoms with Gasteiger partial charge in [-0.05, 0) is 75.7 Å². The third kappa shape index (κ3) is 4.29. The molecule has 0 aliphatic carbocycles. The van der Waals surface area contributed by atoms with Gasteiger partial charge in [-0.1, -0.05) is 0 Å². The van der Waals surface area contributed by atoms with Gasteiger partial charge in [0, 0.05) is 8.95 Å². The molecular weight excluding hydrogens is 372 g/mol. The van der Waals surface area contributed by atoms with Crippen molar-refractivity contribution in [3.8, 4) is 0 Å². The lowest BCUT2D eigenvalue weighted by atomic mass is 10.1. The van der Waals surface area contributed by atoms with Crippen LogP contribution < -0.4 is 10.2 Å². The van der Waals surface area contributed by atoms with Gasteiger partial charge in [-0.15, -0.1) is 0 Å². The molecule has 0 unspecified atom stereocenters. The molecule has 1 fully saturated rings. The topological polar surface area (TPSA) is 33.5 Å². The smallest absolute Gasteiger partial charge is 0.279 e. The van der Waals surface area contributed by atoms with E-state index >= 15 is 0 Å². The van der Waals surface area contributed by atoms with Gasteiger partial charge in [-0.3, -0.25) is 4.79 Å². The summed E-state index contributed by atoms with van der Waals surface area (Å²) in [6, 6.07) is 4.02. The highest BCUT2D eigenvalue weighted by atomic mass is 79.9. The number of carbonyl (C=O) groups is 1. The van der Waals surface area contributed by atoms with Crippen LogP contribution in [0.2, 0.25) is 0 Å². The Bertz CT molecular complexity index is 448. The number of hydrogen-bond acceptors (Lipinski definition) is 1. The highest BCUT2D eigenvalue weighted by Crippen LogP contribution is 2.32. The van der Waals surface area contributed by atoms with Crippen LogP contribution >= 0.6 is 31.9 Å². The molecule has 3 nitrogen and oxygen atoms in total. The van der Waals surface area contributed by atoms with Crippen molar-refractivity contribution in [1.82, 2.24) is 0 Å². The summed E-state index contributed by atoms with van der Waals surface area (Å²) >= 11 is 7.00. The normalized spacial score (nSPS) is 16.4. The van der Waals surface area contributed by atoms with Gasteiger partial charge in [-0.2, -0.15) is 0 Å². The van der Waals surface area contributed by atoms with E-state index in [1.807, 2.05) is 19.1 Å². The Balaban J connectivity index is 1.98. The van der Waals surface area contributed by atoms with Gasteiger partial charge < -0.3 is 10.2 Å². The average molecular weight is 391 g/mol. The average Bonchev–Trinajstić information content (AvgIpc) is 2.35. The van der Waals surface area contributed by atoms with Crippen LogP contribution in [0.5, 0.6) is 0 Å². The number of halogens is 2. The van der Waals surface area contributed by atoms with Crippen molar-refractivity contribution in [2.75, 3.05) is 25.0 Å². The molecule has 19 heavy (non-hydrogen) atoms. The number of carbonyl (C=O) groups excluding carboxylic acids is 1. The molecule has 0 saturated carbocycles. The number of hydrogen-bond donors (Lipinski definition) is 2. The number of piperidine rings is 1. The molecule has 5 heteroatoms. The first-order valence-corrected chi connectivity index (χ1v) is 8.24. The zero-order valence-electron chi connectivity index (χ0n) is 11.1. The van der Waals surface area contributed by atoms with Crippen LogP contribution in [0.3, 0.4) is 0 Å². The van der Waals surface area contributed by atoms with E-state index in [1.54, 1.807) is 0 Å². The lowest BCUT2D eigenvalue weighted by Crippen LogP contribution is -3.13. The molecule has 104 valence electrons. The molecule has 1 aromatic rings. The van der Waals surface area contributed by atoms with Gasteiger partial charge in [-0.25, -0.2) is 0 Å². The molecule has 0 aromatic heterocycles. The molecule has 0 radical (unpaired) electrons. The Morgan fingerprint density at radius 3 is 2.37 bits per heavy atom. The Morgan fingerprint density at radius 2 is 1.79 bits per heavy atom. The quantitative estimate of drug-likeness (QED) is 0.816. The summed E-state index contributed by atoms with van der Waals surface area (Å²) in [5.41, 5.74) is 1.98. The third-order valence-corrected chi connectivity index (χ3v) is 4.67. The summed E-state index contributed by atoms with van der Waals surface area (Å²) in [7, 11) is 0. The van der Waals surface area contributed by atoms with Crippen molar-refractivity contribution in [2.24, 2.45) is 0 Å². The minimum atomic E-state index is 0.0853. The summed E-state index contributed by atoms with van der Waals surface area (Å²) in [4.78, 5) is 13.5. The maximum Gasteiger partial charge on any atom is 0.279 e. The Hall–Kier alpha value is -0.390. The summed E-state index contributed by atoms with van der Waals surface area (Å²) < 4.78 is 1.84. The molecule has 1 aliphatic rings. The van der Waals surface area contributed by atoms with Gasteiger partial charge in [0.05, 0.1) is 18.8 Å². The van der Waals surface area contributed by atoms with E-state index in [2.05, 4.69) is 37.2 Å². The van der Waals surface area contributed by atoms with Gasteiger partial charge in [0.1, 0.15) is 0 Å². The van der Waals surface area contributed by atoms with Crippen molar-refractivity contribution in [3.63, 3.8) is 0 Å². The van der Waals surface area contributed by atoms with Crippen molar-refractivity contribution in [2.45, 2.75) is 26.2 Å². The SMILES string of the molecule is Cc1cc(Br)c(NC(=O)C[NH+]2CCCCC2)c(Br)c1. The first-order chi connectivity index (χ1) is 9.06. The monoisotopic (exact) mass is 389 g/mol. The summed E-state index contributed by atoms with van der Waals surface area (Å²) in [5.74, 6) is 0.0853. The molecule has 1 amide bonds. The van der Waals surface area contributed by atoms with E-state index in [-0.39, 0.29) is 5.91 Å². The minimum Gasteiger partial charge on any atom is -0.327 e. The lowest BCUT2D eigenvalue weighted by Gasteiger charge is -2.23. The van der Waals surface area contributed by atoms with Crippen molar-refractivity contribution >= 4 is 43.5 Å². The van der Waals surface area contributed by atoms with Crippen molar-refractivity contribution in [3.05, 3.63) is 26.6 Å². The van der Waals surface area contributed by atoms with Crippen LogP contribution in [-0.4, -0.2) is 25.5 Å². The van der Waals surface area contributed by atoms with E-state index in [1.165, 1.54) is 24.2 Å². The molecule has 2 N–H and O–H groups in total. The fraction of sp³-hybridized carbons (Fsp3) is 0.500. The number of amides is 1. The zero-order valence-corrected chi connectivity index (χ0v) is 14.2. The molecular formula is C14H19Br2N2O+. The lowest BCUT2D eigenvalue weighted by molar-refractivity contribution is -0.896. The number of quaternary nitrogens is 1. The standard InChI is InChI=1S/C14H18Br2N2O/c1-10-7-11(15)14(12(16)8-10)17-13(19)9-18-5-3-2-4-6-18/h7-8H,2-6,9H2,1H3,(H,17,19)/p+1. The summed E-state index contributed by atoms with van der Waals surface area (Å²) in [6.07, 6.45) is 3.78. The third-order valence-electron chi connectivity index (χ3n) is 3.42. The largest absolute Gasteiger partial charge is 0.327 e. The van der Waals surface area contributed by atoms with Crippen LogP contribution in [0.25, 0.3) is 0 Å². The minimum absolute atomic E-state index is 0.0853.